The molecule has 2 heterocycles. The summed E-state index contributed by atoms with van der Waals surface area (Å²) in [6.07, 6.45) is 1.39. The summed E-state index contributed by atoms with van der Waals surface area (Å²) < 4.78 is 36.0. The van der Waals surface area contributed by atoms with E-state index in [9.17, 15) is 18.7 Å². The fourth-order valence-corrected chi connectivity index (χ4v) is 4.56. The van der Waals surface area contributed by atoms with Crippen molar-refractivity contribution in [2.75, 3.05) is 26.2 Å². The highest BCUT2D eigenvalue weighted by Gasteiger charge is 2.32. The lowest BCUT2D eigenvalue weighted by Gasteiger charge is -2.35. The molecule has 0 aromatic heterocycles. The molecule has 6 nitrogen and oxygen atoms in total. The van der Waals surface area contributed by atoms with Crippen LogP contribution in [0.15, 0.2) is 72.5 Å². The highest BCUT2D eigenvalue weighted by atomic mass is 19.3. The van der Waals surface area contributed by atoms with Crippen LogP contribution in [0.25, 0.3) is 6.08 Å². The van der Waals surface area contributed by atoms with Crippen LogP contribution in [0, 0.1) is 0 Å². The molecule has 0 saturated carbocycles. The molecule has 0 radical (unpaired) electrons. The zero-order valence-corrected chi connectivity index (χ0v) is 19.6. The van der Waals surface area contributed by atoms with Crippen molar-refractivity contribution in [3.63, 3.8) is 0 Å². The molecule has 3 aromatic carbocycles. The van der Waals surface area contributed by atoms with Gasteiger partial charge in [0, 0.05) is 44.8 Å². The van der Waals surface area contributed by atoms with Crippen molar-refractivity contribution in [2.24, 2.45) is 0 Å². The van der Waals surface area contributed by atoms with E-state index >= 15 is 0 Å². The topological polar surface area (TPSA) is 62.2 Å². The number of benzene rings is 3. The average Bonchev–Trinajstić information content (AvgIpc) is 3.19. The minimum atomic E-state index is -2.99. The van der Waals surface area contributed by atoms with E-state index in [1.54, 1.807) is 18.2 Å². The standard InChI is InChI=1S/C28H26F2N2O4/c29-28(30)36-24-9-5-4-8-20(24)16-25-26(34)21-10-11-23(33)22(27(21)35-25)18-32-14-12-31(13-15-32)17-19-6-2-1-3-7-19/h1-11,16,28,33H,12-15,17-18H2/b25-16-. The Balaban J connectivity index is 1.30. The highest BCUT2D eigenvalue weighted by Crippen LogP contribution is 2.40. The first-order valence-electron chi connectivity index (χ1n) is 11.8. The Morgan fingerprint density at radius 3 is 2.31 bits per heavy atom. The first kappa shape index (κ1) is 24.0. The molecule has 0 spiro atoms. The molecule has 0 unspecified atom stereocenters. The van der Waals surface area contributed by atoms with E-state index in [1.807, 2.05) is 18.2 Å². The molecule has 1 saturated heterocycles. The van der Waals surface area contributed by atoms with Crippen LogP contribution in [0.3, 0.4) is 0 Å². The summed E-state index contributed by atoms with van der Waals surface area (Å²) in [5, 5.41) is 10.6. The summed E-state index contributed by atoms with van der Waals surface area (Å²) >= 11 is 0. The van der Waals surface area contributed by atoms with Crippen LogP contribution in [0.4, 0.5) is 8.78 Å². The number of piperazine rings is 1. The first-order valence-corrected chi connectivity index (χ1v) is 11.8. The Hall–Kier alpha value is -3.75. The van der Waals surface area contributed by atoms with Crippen LogP contribution in [0.1, 0.15) is 27.0 Å². The molecule has 1 N–H and O–H groups in total. The average molecular weight is 493 g/mol. The molecule has 0 aliphatic carbocycles. The lowest BCUT2D eigenvalue weighted by Crippen LogP contribution is -2.45. The van der Waals surface area contributed by atoms with Gasteiger partial charge in [0.1, 0.15) is 17.2 Å². The number of hydrogen-bond donors (Lipinski definition) is 1. The summed E-state index contributed by atoms with van der Waals surface area (Å²) in [7, 11) is 0. The van der Waals surface area contributed by atoms with E-state index in [4.69, 9.17) is 4.74 Å². The molecule has 36 heavy (non-hydrogen) atoms. The van der Waals surface area contributed by atoms with Crippen LogP contribution < -0.4 is 9.47 Å². The fraction of sp³-hybridized carbons (Fsp3) is 0.250. The second-order valence-electron chi connectivity index (χ2n) is 8.83. The number of carbonyl (C=O) groups excluding carboxylic acids is 1. The Kier molecular flexibility index (Phi) is 6.97. The maximum Gasteiger partial charge on any atom is 0.387 e. The van der Waals surface area contributed by atoms with Crippen LogP contribution in [-0.2, 0) is 13.1 Å². The number of fused-ring (bicyclic) bond motifs is 1. The summed E-state index contributed by atoms with van der Waals surface area (Å²) in [6, 6.07) is 19.6. The van der Waals surface area contributed by atoms with Gasteiger partial charge in [0.2, 0.25) is 5.78 Å². The predicted octanol–water partition coefficient (Wildman–Crippen LogP) is 4.93. The number of phenolic OH excluding ortho intramolecular Hbond substituents is 1. The molecular formula is C28H26F2N2O4. The SMILES string of the molecule is O=C1/C(=C/c2ccccc2OC(F)F)Oc2c1ccc(O)c2CN1CCN(Cc2ccccc2)CC1. The molecule has 3 aromatic rings. The molecule has 0 amide bonds. The first-order chi connectivity index (χ1) is 17.5. The summed E-state index contributed by atoms with van der Waals surface area (Å²) in [5.74, 6) is -0.0643. The number of rotatable bonds is 7. The number of nitrogens with zero attached hydrogens (tertiary/aromatic N) is 2. The van der Waals surface area contributed by atoms with Crippen LogP contribution in [-0.4, -0.2) is 53.5 Å². The second kappa shape index (κ2) is 10.5. The summed E-state index contributed by atoms with van der Waals surface area (Å²) in [5.41, 5.74) is 2.45. The van der Waals surface area contributed by atoms with Gasteiger partial charge in [0.05, 0.1) is 11.1 Å². The van der Waals surface area contributed by atoms with Gasteiger partial charge in [-0.2, -0.15) is 8.78 Å². The van der Waals surface area contributed by atoms with Crippen molar-refractivity contribution in [1.29, 1.82) is 0 Å². The number of allylic oxidation sites excluding steroid dienone is 1. The quantitative estimate of drug-likeness (QED) is 0.472. The number of halogens is 2. The molecular weight excluding hydrogens is 466 g/mol. The maximum atomic E-state index is 13.0. The van der Waals surface area contributed by atoms with Gasteiger partial charge in [-0.05, 0) is 29.8 Å². The van der Waals surface area contributed by atoms with Gasteiger partial charge in [-0.25, -0.2) is 0 Å². The predicted molar refractivity (Wildman–Crippen MR) is 131 cm³/mol. The third kappa shape index (κ3) is 5.24. The number of ether oxygens (including phenoxy) is 2. The zero-order valence-electron chi connectivity index (χ0n) is 19.6. The number of aromatic hydroxyl groups is 1. The van der Waals surface area contributed by atoms with Crippen molar-refractivity contribution in [3.05, 3.63) is 94.7 Å². The van der Waals surface area contributed by atoms with Crippen molar-refractivity contribution < 1.29 is 28.2 Å². The van der Waals surface area contributed by atoms with Crippen molar-refractivity contribution in [3.8, 4) is 17.2 Å². The van der Waals surface area contributed by atoms with Crippen molar-refractivity contribution in [2.45, 2.75) is 19.7 Å². The second-order valence-corrected chi connectivity index (χ2v) is 8.83. The van der Waals surface area contributed by atoms with Crippen LogP contribution in [0.2, 0.25) is 0 Å². The number of para-hydroxylation sites is 1. The van der Waals surface area contributed by atoms with Gasteiger partial charge in [0.25, 0.3) is 0 Å². The Morgan fingerprint density at radius 2 is 1.58 bits per heavy atom. The number of carbonyl (C=O) groups is 1. The minimum Gasteiger partial charge on any atom is -0.507 e. The molecule has 8 heteroatoms. The Bertz CT molecular complexity index is 1270. The molecule has 0 atom stereocenters. The molecule has 5 rings (SSSR count). The zero-order chi connectivity index (χ0) is 25.1. The number of Topliss-reactive ketones (excluding diaryl/α,β-unsaturated/α-hetero) is 1. The van der Waals surface area contributed by atoms with E-state index in [0.29, 0.717) is 29.0 Å². The van der Waals surface area contributed by atoms with Crippen LogP contribution >= 0.6 is 0 Å². The maximum absolute atomic E-state index is 13.0. The molecule has 2 aliphatic rings. The Morgan fingerprint density at radius 1 is 0.917 bits per heavy atom. The monoisotopic (exact) mass is 492 g/mol. The van der Waals surface area contributed by atoms with E-state index in [0.717, 1.165) is 32.7 Å². The number of hydrogen-bond acceptors (Lipinski definition) is 6. The van der Waals surface area contributed by atoms with Gasteiger partial charge in [-0.3, -0.25) is 14.6 Å². The van der Waals surface area contributed by atoms with Gasteiger partial charge < -0.3 is 14.6 Å². The summed E-state index contributed by atoms with van der Waals surface area (Å²) in [6.45, 7) is 1.73. The normalized spacial score (nSPS) is 17.4. The van der Waals surface area contributed by atoms with Gasteiger partial charge >= 0.3 is 6.61 Å². The highest BCUT2D eigenvalue weighted by molar-refractivity contribution is 6.15. The van der Waals surface area contributed by atoms with Crippen molar-refractivity contribution in [1.82, 2.24) is 9.80 Å². The Labute approximate surface area is 208 Å². The largest absolute Gasteiger partial charge is 0.507 e. The van der Waals surface area contributed by atoms with E-state index in [1.165, 1.54) is 29.8 Å². The van der Waals surface area contributed by atoms with Gasteiger partial charge in [0.15, 0.2) is 5.76 Å². The lowest BCUT2D eigenvalue weighted by molar-refractivity contribution is -0.0499. The van der Waals surface area contributed by atoms with Crippen molar-refractivity contribution >= 4 is 11.9 Å². The summed E-state index contributed by atoms with van der Waals surface area (Å²) in [4.78, 5) is 17.6. The smallest absolute Gasteiger partial charge is 0.387 e. The molecule has 186 valence electrons. The molecule has 0 bridgehead atoms. The van der Waals surface area contributed by atoms with Crippen LogP contribution in [0.5, 0.6) is 17.2 Å². The fourth-order valence-electron chi connectivity index (χ4n) is 4.56. The van der Waals surface area contributed by atoms with Gasteiger partial charge in [-0.15, -0.1) is 0 Å². The third-order valence-electron chi connectivity index (χ3n) is 6.43. The lowest BCUT2D eigenvalue weighted by atomic mass is 10.0. The van der Waals surface area contributed by atoms with E-state index < -0.39 is 6.61 Å². The number of phenols is 1. The number of ketones is 1. The van der Waals surface area contributed by atoms with E-state index in [2.05, 4.69) is 26.7 Å². The molecule has 2 aliphatic heterocycles. The van der Waals surface area contributed by atoms with Gasteiger partial charge in [-0.1, -0.05) is 48.5 Å². The van der Waals surface area contributed by atoms with E-state index in [-0.39, 0.29) is 23.0 Å². The molecule has 1 fully saturated rings. The third-order valence-corrected chi connectivity index (χ3v) is 6.43. The number of alkyl halides is 2. The minimum absolute atomic E-state index is 0.00477.